The van der Waals surface area contributed by atoms with Gasteiger partial charge in [-0.25, -0.2) is 0 Å². The minimum atomic E-state index is -4.68. The first-order valence-electron chi connectivity index (χ1n) is 10.6. The number of phenols is 1. The predicted octanol–water partition coefficient (Wildman–Crippen LogP) is 7.08. The molecule has 0 aliphatic rings. The van der Waals surface area contributed by atoms with Gasteiger partial charge in [0.2, 0.25) is 0 Å². The molecule has 0 saturated carbocycles. The first-order chi connectivity index (χ1) is 17.5. The highest BCUT2D eigenvalue weighted by molar-refractivity contribution is 7.86. The maximum atomic E-state index is 13.2. The van der Waals surface area contributed by atoms with Crippen molar-refractivity contribution in [2.75, 3.05) is 12.4 Å². The van der Waals surface area contributed by atoms with E-state index in [1.165, 1.54) is 25.3 Å². The number of methoxy groups -OCH3 is 1. The summed E-state index contributed by atoms with van der Waals surface area (Å²) < 4.78 is 38.5. The minimum absolute atomic E-state index is 0.0516. The van der Waals surface area contributed by atoms with Crippen LogP contribution in [0.25, 0.3) is 10.8 Å². The van der Waals surface area contributed by atoms with E-state index >= 15 is 0 Å². The van der Waals surface area contributed by atoms with Crippen LogP contribution in [0, 0.1) is 6.92 Å². The van der Waals surface area contributed by atoms with Crippen LogP contribution in [0.2, 0.25) is 10.0 Å². The quantitative estimate of drug-likeness (QED) is 0.170. The van der Waals surface area contributed by atoms with E-state index < -0.39 is 26.7 Å². The zero-order valence-corrected chi connectivity index (χ0v) is 21.7. The fourth-order valence-electron chi connectivity index (χ4n) is 3.56. The molecule has 0 bridgehead atoms. The molecule has 0 spiro atoms. The lowest BCUT2D eigenvalue weighted by Gasteiger charge is -2.13. The maximum absolute atomic E-state index is 13.2. The predicted molar refractivity (Wildman–Crippen MR) is 142 cm³/mol. The Morgan fingerprint density at radius 1 is 1.00 bits per heavy atom. The second-order valence-corrected chi connectivity index (χ2v) is 10.0. The summed E-state index contributed by atoms with van der Waals surface area (Å²) in [6.07, 6.45) is 0. The largest absolute Gasteiger partial charge is 0.505 e. The van der Waals surface area contributed by atoms with Crippen molar-refractivity contribution in [1.82, 2.24) is 0 Å². The molecule has 4 aromatic rings. The molecule has 37 heavy (non-hydrogen) atoms. The first kappa shape index (κ1) is 26.4. The van der Waals surface area contributed by atoms with Crippen LogP contribution in [0.3, 0.4) is 0 Å². The van der Waals surface area contributed by atoms with Gasteiger partial charge in [0.05, 0.1) is 28.4 Å². The summed E-state index contributed by atoms with van der Waals surface area (Å²) in [7, 11) is -3.22. The lowest BCUT2D eigenvalue weighted by molar-refractivity contribution is 0.102. The van der Waals surface area contributed by atoms with Gasteiger partial charge in [0.15, 0.2) is 5.75 Å². The van der Waals surface area contributed by atoms with E-state index in [-0.39, 0.29) is 32.7 Å². The standard InChI is InChI=1S/C25H19Cl2N3O6S/c1-13-7-10-20(37(33,34)35)23(21(13)27)30-29-22-16-6-4-3-5-14(16)11-17(24(22)31)25(32)28-19-12-15(36-2)8-9-18(19)26/h3-12,31H,1-2H3,(H,28,32)(H,33,34,35). The number of phenolic OH excluding ortho intramolecular Hbond substituents is 1. The van der Waals surface area contributed by atoms with Crippen molar-refractivity contribution in [3.05, 3.63) is 81.8 Å². The molecular weight excluding hydrogens is 541 g/mol. The number of aryl methyl sites for hydroxylation is 1. The number of amides is 1. The maximum Gasteiger partial charge on any atom is 0.296 e. The van der Waals surface area contributed by atoms with E-state index in [1.807, 2.05) is 0 Å². The number of nitrogens with one attached hydrogen (secondary N) is 1. The molecule has 190 valence electrons. The zero-order chi connectivity index (χ0) is 26.9. The number of benzene rings is 4. The number of hydrogen-bond acceptors (Lipinski definition) is 7. The number of aromatic hydroxyl groups is 1. The number of halogens is 2. The van der Waals surface area contributed by atoms with Crippen LogP contribution in [-0.4, -0.2) is 31.1 Å². The lowest BCUT2D eigenvalue weighted by atomic mass is 10.0. The molecule has 4 aromatic carbocycles. The van der Waals surface area contributed by atoms with Crippen LogP contribution in [0.5, 0.6) is 11.5 Å². The molecule has 0 unspecified atom stereocenters. The highest BCUT2D eigenvalue weighted by atomic mass is 35.5. The number of nitrogens with zero attached hydrogens (tertiary/aromatic N) is 2. The van der Waals surface area contributed by atoms with Crippen molar-refractivity contribution >= 4 is 67.1 Å². The Morgan fingerprint density at radius 2 is 1.70 bits per heavy atom. The van der Waals surface area contributed by atoms with Crippen molar-refractivity contribution in [1.29, 1.82) is 0 Å². The van der Waals surface area contributed by atoms with Gasteiger partial charge in [-0.05, 0) is 42.1 Å². The molecule has 12 heteroatoms. The average molecular weight is 560 g/mol. The highest BCUT2D eigenvalue weighted by Gasteiger charge is 2.22. The highest BCUT2D eigenvalue weighted by Crippen LogP contribution is 2.42. The molecule has 0 aliphatic heterocycles. The van der Waals surface area contributed by atoms with E-state index in [0.717, 1.165) is 6.07 Å². The van der Waals surface area contributed by atoms with Gasteiger partial charge in [-0.1, -0.05) is 53.5 Å². The third-order valence-electron chi connectivity index (χ3n) is 5.46. The van der Waals surface area contributed by atoms with Gasteiger partial charge < -0.3 is 15.2 Å². The Labute approximate surface area is 222 Å². The molecule has 1 amide bonds. The number of fused-ring (bicyclic) bond motifs is 1. The Kier molecular flexibility index (Phi) is 7.37. The van der Waals surface area contributed by atoms with E-state index in [9.17, 15) is 22.9 Å². The molecule has 0 heterocycles. The van der Waals surface area contributed by atoms with Crippen molar-refractivity contribution in [2.24, 2.45) is 10.2 Å². The third kappa shape index (κ3) is 5.37. The van der Waals surface area contributed by atoms with Crippen molar-refractivity contribution in [2.45, 2.75) is 11.8 Å². The summed E-state index contributed by atoms with van der Waals surface area (Å²) in [5.41, 5.74) is 0.174. The van der Waals surface area contributed by atoms with Gasteiger partial charge in [0, 0.05) is 11.5 Å². The number of rotatable bonds is 6. The second kappa shape index (κ2) is 10.3. The SMILES string of the molecule is COc1ccc(Cl)c(NC(=O)c2cc3ccccc3c(N=Nc3c(S(=O)(=O)O)ccc(C)c3Cl)c2O)c1. The van der Waals surface area contributed by atoms with Crippen molar-refractivity contribution < 1.29 is 27.6 Å². The summed E-state index contributed by atoms with van der Waals surface area (Å²) in [5, 5.41) is 22.9. The molecule has 0 radical (unpaired) electrons. The van der Waals surface area contributed by atoms with Gasteiger partial charge in [0.1, 0.15) is 22.0 Å². The number of ether oxygens (including phenoxy) is 1. The summed E-state index contributed by atoms with van der Waals surface area (Å²) in [4.78, 5) is 12.6. The van der Waals surface area contributed by atoms with Crippen molar-refractivity contribution in [3.63, 3.8) is 0 Å². The number of carbonyl (C=O) groups is 1. The normalized spacial score (nSPS) is 11.7. The zero-order valence-electron chi connectivity index (χ0n) is 19.4. The van der Waals surface area contributed by atoms with Gasteiger partial charge in [-0.2, -0.15) is 8.42 Å². The van der Waals surface area contributed by atoms with Gasteiger partial charge in [-0.3, -0.25) is 9.35 Å². The van der Waals surface area contributed by atoms with E-state index in [0.29, 0.717) is 22.1 Å². The Hall–Kier alpha value is -3.70. The van der Waals surface area contributed by atoms with E-state index in [2.05, 4.69) is 15.5 Å². The molecule has 3 N–H and O–H groups in total. The van der Waals surface area contributed by atoms with Crippen LogP contribution in [0.4, 0.5) is 17.1 Å². The smallest absolute Gasteiger partial charge is 0.296 e. The summed E-state index contributed by atoms with van der Waals surface area (Å²) in [6.45, 7) is 1.62. The summed E-state index contributed by atoms with van der Waals surface area (Å²) >= 11 is 12.5. The Morgan fingerprint density at radius 3 is 2.41 bits per heavy atom. The molecule has 0 aliphatic carbocycles. The minimum Gasteiger partial charge on any atom is -0.505 e. The monoisotopic (exact) mass is 559 g/mol. The number of hydrogen-bond donors (Lipinski definition) is 3. The fraction of sp³-hybridized carbons (Fsp3) is 0.0800. The van der Waals surface area contributed by atoms with Crippen LogP contribution in [0.1, 0.15) is 15.9 Å². The molecular formula is C25H19Cl2N3O6S. The van der Waals surface area contributed by atoms with E-state index in [4.69, 9.17) is 27.9 Å². The Balaban J connectivity index is 1.86. The number of carbonyl (C=O) groups excluding carboxylic acids is 1. The third-order valence-corrected chi connectivity index (χ3v) is 7.15. The van der Waals surface area contributed by atoms with Gasteiger partial charge >= 0.3 is 0 Å². The van der Waals surface area contributed by atoms with Crippen LogP contribution in [-0.2, 0) is 10.1 Å². The first-order valence-corrected chi connectivity index (χ1v) is 12.8. The molecule has 4 rings (SSSR count). The molecule has 0 fully saturated rings. The molecule has 0 aromatic heterocycles. The fourth-order valence-corrected chi connectivity index (χ4v) is 4.61. The molecule has 0 atom stereocenters. The van der Waals surface area contributed by atoms with Crippen LogP contribution in [0.15, 0.2) is 75.8 Å². The van der Waals surface area contributed by atoms with Crippen molar-refractivity contribution in [3.8, 4) is 11.5 Å². The summed E-state index contributed by atoms with van der Waals surface area (Å²) in [5.74, 6) is -0.750. The molecule has 9 nitrogen and oxygen atoms in total. The lowest BCUT2D eigenvalue weighted by Crippen LogP contribution is -2.12. The summed E-state index contributed by atoms with van der Waals surface area (Å²) in [6, 6.07) is 15.5. The topological polar surface area (TPSA) is 138 Å². The van der Waals surface area contributed by atoms with Crippen LogP contribution >= 0.6 is 23.2 Å². The average Bonchev–Trinajstić information content (AvgIpc) is 2.86. The number of anilines is 1. The van der Waals surface area contributed by atoms with E-state index in [1.54, 1.807) is 43.3 Å². The molecule has 0 saturated heterocycles. The number of azo groups is 1. The van der Waals surface area contributed by atoms with Crippen LogP contribution < -0.4 is 10.1 Å². The van der Waals surface area contributed by atoms with Gasteiger partial charge in [0.25, 0.3) is 16.0 Å². The Bertz CT molecular complexity index is 1690. The van der Waals surface area contributed by atoms with Gasteiger partial charge in [-0.15, -0.1) is 10.2 Å². The second-order valence-electron chi connectivity index (χ2n) is 7.86.